The topological polar surface area (TPSA) is 71.4 Å². The summed E-state index contributed by atoms with van der Waals surface area (Å²) >= 11 is 0. The molecule has 0 aliphatic heterocycles. The van der Waals surface area contributed by atoms with Gasteiger partial charge in [0.1, 0.15) is 0 Å². The third-order valence-corrected chi connectivity index (χ3v) is 3.13. The van der Waals surface area contributed by atoms with Crippen molar-refractivity contribution in [3.05, 3.63) is 54.0 Å². The lowest BCUT2D eigenvalue weighted by atomic mass is 10.3. The highest BCUT2D eigenvalue weighted by Gasteiger charge is 2.00. The predicted molar refractivity (Wildman–Crippen MR) is 91.5 cm³/mol. The average Bonchev–Trinajstić information content (AvgIpc) is 2.61. The maximum absolute atomic E-state index is 5.13. The fourth-order valence-corrected chi connectivity index (χ4v) is 2.02. The van der Waals surface area contributed by atoms with E-state index in [2.05, 4.69) is 25.6 Å². The molecule has 0 aliphatic carbocycles. The molecule has 23 heavy (non-hydrogen) atoms. The maximum atomic E-state index is 5.13. The van der Waals surface area contributed by atoms with Gasteiger partial charge < -0.3 is 15.4 Å². The lowest BCUT2D eigenvalue weighted by molar-refractivity contribution is 0.396. The molecule has 122 valence electrons. The number of methoxy groups -OCH3 is 1. The van der Waals surface area contributed by atoms with Crippen molar-refractivity contribution in [1.82, 2.24) is 20.6 Å². The molecule has 2 rings (SSSR count). The van der Waals surface area contributed by atoms with Gasteiger partial charge in [-0.3, -0.25) is 4.98 Å². The molecule has 0 saturated heterocycles. The van der Waals surface area contributed by atoms with Gasteiger partial charge in [-0.05, 0) is 25.1 Å². The normalized spacial score (nSPS) is 11.1. The number of hydrogen-bond donors (Lipinski definition) is 2. The highest BCUT2D eigenvalue weighted by molar-refractivity contribution is 5.79. The summed E-state index contributed by atoms with van der Waals surface area (Å²) in [5.41, 5.74) is 1.93. The van der Waals surface area contributed by atoms with E-state index in [0.29, 0.717) is 12.4 Å². The van der Waals surface area contributed by atoms with Crippen LogP contribution in [0.15, 0.2) is 47.6 Å². The Balaban J connectivity index is 1.88. The molecule has 2 aromatic rings. The molecule has 0 aliphatic rings. The van der Waals surface area contributed by atoms with Crippen LogP contribution >= 0.6 is 0 Å². The first-order valence-corrected chi connectivity index (χ1v) is 7.74. The lowest BCUT2D eigenvalue weighted by Gasteiger charge is -2.11. The number of guanidine groups is 1. The number of aliphatic imine (C=N–C) groups is 1. The number of nitrogens with zero attached hydrogens (tertiary/aromatic N) is 3. The number of pyridine rings is 2. The van der Waals surface area contributed by atoms with E-state index in [1.54, 1.807) is 7.11 Å². The summed E-state index contributed by atoms with van der Waals surface area (Å²) in [5, 5.41) is 6.54. The van der Waals surface area contributed by atoms with E-state index in [1.807, 2.05) is 49.5 Å². The van der Waals surface area contributed by atoms with Crippen molar-refractivity contribution in [1.29, 1.82) is 0 Å². The van der Waals surface area contributed by atoms with E-state index in [4.69, 9.17) is 4.74 Å². The number of rotatable bonds is 7. The molecule has 6 nitrogen and oxygen atoms in total. The third kappa shape index (κ3) is 5.94. The highest BCUT2D eigenvalue weighted by atomic mass is 16.5. The number of ether oxygens (including phenoxy) is 1. The zero-order valence-corrected chi connectivity index (χ0v) is 13.6. The van der Waals surface area contributed by atoms with Gasteiger partial charge in [-0.2, -0.15) is 0 Å². The molecule has 2 N–H and O–H groups in total. The molecular formula is C17H23N5O. The predicted octanol–water partition coefficient (Wildman–Crippen LogP) is 1.78. The summed E-state index contributed by atoms with van der Waals surface area (Å²) in [7, 11) is 1.61. The SMILES string of the molecule is CCNC(=NCc1cccc(OC)n1)NCCc1ccccn1. The van der Waals surface area contributed by atoms with Crippen molar-refractivity contribution in [2.24, 2.45) is 4.99 Å². The van der Waals surface area contributed by atoms with E-state index in [0.717, 1.165) is 36.9 Å². The van der Waals surface area contributed by atoms with Crippen LogP contribution in [0.1, 0.15) is 18.3 Å². The van der Waals surface area contributed by atoms with Gasteiger partial charge >= 0.3 is 0 Å². The molecule has 2 aromatic heterocycles. The standard InChI is InChI=1S/C17H23N5O/c1-3-18-17(20-12-10-14-7-4-5-11-19-14)21-13-15-8-6-9-16(22-15)23-2/h4-9,11H,3,10,12-13H2,1-2H3,(H2,18,20,21). The molecule has 2 heterocycles. The molecule has 0 bridgehead atoms. The molecule has 0 unspecified atom stereocenters. The zero-order chi connectivity index (χ0) is 16.3. The molecule has 0 fully saturated rings. The summed E-state index contributed by atoms with van der Waals surface area (Å²) in [6.07, 6.45) is 2.66. The lowest BCUT2D eigenvalue weighted by Crippen LogP contribution is -2.38. The minimum Gasteiger partial charge on any atom is -0.481 e. The van der Waals surface area contributed by atoms with Crippen LogP contribution in [0.5, 0.6) is 5.88 Å². The van der Waals surface area contributed by atoms with Gasteiger partial charge in [-0.1, -0.05) is 12.1 Å². The van der Waals surface area contributed by atoms with Crippen molar-refractivity contribution in [2.75, 3.05) is 20.2 Å². The van der Waals surface area contributed by atoms with E-state index in [1.165, 1.54) is 0 Å². The Hall–Kier alpha value is -2.63. The van der Waals surface area contributed by atoms with Crippen molar-refractivity contribution < 1.29 is 4.74 Å². The van der Waals surface area contributed by atoms with Crippen molar-refractivity contribution in [3.63, 3.8) is 0 Å². The molecule has 0 amide bonds. The number of nitrogens with one attached hydrogen (secondary N) is 2. The van der Waals surface area contributed by atoms with Gasteiger partial charge in [0.05, 0.1) is 19.3 Å². The van der Waals surface area contributed by atoms with Gasteiger partial charge in [0, 0.05) is 37.5 Å². The Morgan fingerprint density at radius 3 is 2.74 bits per heavy atom. The highest BCUT2D eigenvalue weighted by Crippen LogP contribution is 2.07. The van der Waals surface area contributed by atoms with Gasteiger partial charge in [0.2, 0.25) is 5.88 Å². The minimum atomic E-state index is 0.496. The Morgan fingerprint density at radius 1 is 1.13 bits per heavy atom. The Morgan fingerprint density at radius 2 is 2.00 bits per heavy atom. The summed E-state index contributed by atoms with van der Waals surface area (Å²) in [6, 6.07) is 11.6. The van der Waals surface area contributed by atoms with Crippen LogP contribution in [0.4, 0.5) is 0 Å². The Labute approximate surface area is 137 Å². The number of aromatic nitrogens is 2. The maximum Gasteiger partial charge on any atom is 0.213 e. The van der Waals surface area contributed by atoms with Crippen LogP contribution < -0.4 is 15.4 Å². The second-order valence-electron chi connectivity index (χ2n) is 4.86. The van der Waals surface area contributed by atoms with Crippen molar-refractivity contribution in [3.8, 4) is 5.88 Å². The first-order valence-electron chi connectivity index (χ1n) is 7.74. The molecule has 0 saturated carbocycles. The Bertz CT molecular complexity index is 615. The summed E-state index contributed by atoms with van der Waals surface area (Å²) in [5.74, 6) is 1.37. The van der Waals surface area contributed by atoms with E-state index in [-0.39, 0.29) is 0 Å². The number of hydrogen-bond acceptors (Lipinski definition) is 4. The summed E-state index contributed by atoms with van der Waals surface area (Å²) in [4.78, 5) is 13.2. The van der Waals surface area contributed by atoms with Gasteiger partial charge in [0.25, 0.3) is 0 Å². The second kappa shape index (κ2) is 9.40. The van der Waals surface area contributed by atoms with Crippen LogP contribution in [0.3, 0.4) is 0 Å². The Kier molecular flexibility index (Phi) is 6.84. The molecule has 0 atom stereocenters. The fraction of sp³-hybridized carbons (Fsp3) is 0.353. The molecule has 0 aromatic carbocycles. The van der Waals surface area contributed by atoms with Crippen molar-refractivity contribution in [2.45, 2.75) is 19.9 Å². The van der Waals surface area contributed by atoms with Gasteiger partial charge in [-0.15, -0.1) is 0 Å². The van der Waals surface area contributed by atoms with Crippen LogP contribution in [0, 0.1) is 0 Å². The smallest absolute Gasteiger partial charge is 0.213 e. The first kappa shape index (κ1) is 16.7. The van der Waals surface area contributed by atoms with Crippen LogP contribution in [-0.4, -0.2) is 36.1 Å². The third-order valence-electron chi connectivity index (χ3n) is 3.13. The largest absolute Gasteiger partial charge is 0.481 e. The fourth-order valence-electron chi connectivity index (χ4n) is 2.02. The summed E-state index contributed by atoms with van der Waals surface area (Å²) < 4.78 is 5.13. The van der Waals surface area contributed by atoms with Crippen LogP contribution in [-0.2, 0) is 13.0 Å². The van der Waals surface area contributed by atoms with E-state index < -0.39 is 0 Å². The molecule has 6 heteroatoms. The summed E-state index contributed by atoms with van der Waals surface area (Å²) in [6.45, 7) is 4.12. The van der Waals surface area contributed by atoms with E-state index >= 15 is 0 Å². The molecule has 0 radical (unpaired) electrons. The van der Waals surface area contributed by atoms with Gasteiger partial charge in [-0.25, -0.2) is 9.98 Å². The van der Waals surface area contributed by atoms with Crippen LogP contribution in [0.25, 0.3) is 0 Å². The quantitative estimate of drug-likeness (QED) is 0.602. The molecule has 0 spiro atoms. The monoisotopic (exact) mass is 313 g/mol. The first-order chi connectivity index (χ1) is 11.3. The minimum absolute atomic E-state index is 0.496. The second-order valence-corrected chi connectivity index (χ2v) is 4.86. The van der Waals surface area contributed by atoms with E-state index in [9.17, 15) is 0 Å². The zero-order valence-electron chi connectivity index (χ0n) is 13.6. The van der Waals surface area contributed by atoms with Crippen LogP contribution in [0.2, 0.25) is 0 Å². The average molecular weight is 313 g/mol. The van der Waals surface area contributed by atoms with Gasteiger partial charge in [0.15, 0.2) is 5.96 Å². The van der Waals surface area contributed by atoms with Crippen molar-refractivity contribution >= 4 is 5.96 Å². The molecular weight excluding hydrogens is 290 g/mol.